The minimum Gasteiger partial charge on any atom is -0.316 e. The van der Waals surface area contributed by atoms with Crippen LogP contribution in [0.15, 0.2) is 18.2 Å². The summed E-state index contributed by atoms with van der Waals surface area (Å²) in [4.78, 5) is 5.90. The molecule has 0 fully saturated rings. The van der Waals surface area contributed by atoms with E-state index in [9.17, 15) is 4.39 Å². The number of rotatable bonds is 2. The van der Waals surface area contributed by atoms with E-state index in [1.165, 1.54) is 10.9 Å². The van der Waals surface area contributed by atoms with Crippen molar-refractivity contribution in [2.45, 2.75) is 38.6 Å². The zero-order valence-electron chi connectivity index (χ0n) is 11.2. The highest BCUT2D eigenvalue weighted by atomic mass is 32.1. The zero-order valence-corrected chi connectivity index (χ0v) is 12.0. The van der Waals surface area contributed by atoms with Crippen molar-refractivity contribution in [3.63, 3.8) is 0 Å². The fourth-order valence-corrected chi connectivity index (χ4v) is 4.00. The highest BCUT2D eigenvalue weighted by molar-refractivity contribution is 7.11. The van der Waals surface area contributed by atoms with Crippen molar-refractivity contribution in [3.05, 3.63) is 50.7 Å². The lowest BCUT2D eigenvalue weighted by Gasteiger charge is -2.22. The molecule has 1 heterocycles. The molecule has 0 bridgehead atoms. The molecular formula is C15H17FN2S. The predicted octanol–water partition coefficient (Wildman–Crippen LogP) is 3.30. The maximum atomic E-state index is 13.8. The van der Waals surface area contributed by atoms with Crippen LogP contribution in [0, 0.1) is 12.7 Å². The van der Waals surface area contributed by atoms with Gasteiger partial charge < -0.3 is 5.73 Å². The van der Waals surface area contributed by atoms with E-state index in [0.29, 0.717) is 6.42 Å². The summed E-state index contributed by atoms with van der Waals surface area (Å²) < 4.78 is 13.8. The molecule has 2 N–H and O–H groups in total. The van der Waals surface area contributed by atoms with Crippen LogP contribution in [-0.2, 0) is 18.4 Å². The van der Waals surface area contributed by atoms with Gasteiger partial charge >= 0.3 is 0 Å². The summed E-state index contributed by atoms with van der Waals surface area (Å²) in [7, 11) is 0. The Morgan fingerprint density at radius 3 is 2.95 bits per heavy atom. The highest BCUT2D eigenvalue weighted by Crippen LogP contribution is 2.42. The molecular weight excluding hydrogens is 259 g/mol. The molecule has 1 unspecified atom stereocenters. The first-order valence-electron chi connectivity index (χ1n) is 6.59. The Balaban J connectivity index is 2.13. The van der Waals surface area contributed by atoms with E-state index in [0.717, 1.165) is 34.7 Å². The van der Waals surface area contributed by atoms with Crippen LogP contribution in [0.5, 0.6) is 0 Å². The number of halogens is 1. The van der Waals surface area contributed by atoms with Crippen molar-refractivity contribution < 1.29 is 4.39 Å². The molecule has 0 saturated carbocycles. The summed E-state index contributed by atoms with van der Waals surface area (Å²) in [5.74, 6) is -0.145. The Morgan fingerprint density at radius 1 is 1.47 bits per heavy atom. The molecule has 1 aliphatic rings. The van der Waals surface area contributed by atoms with Gasteiger partial charge in [-0.15, -0.1) is 11.3 Å². The van der Waals surface area contributed by atoms with Gasteiger partial charge in [-0.05, 0) is 43.4 Å². The fourth-order valence-electron chi connectivity index (χ4n) is 2.86. The van der Waals surface area contributed by atoms with Gasteiger partial charge in [-0.3, -0.25) is 0 Å². The quantitative estimate of drug-likeness (QED) is 0.914. The number of hydrogen-bond donors (Lipinski definition) is 1. The summed E-state index contributed by atoms with van der Waals surface area (Å²) in [5, 5.41) is 0.922. The van der Waals surface area contributed by atoms with E-state index in [1.807, 2.05) is 6.07 Å². The lowest BCUT2D eigenvalue weighted by atomic mass is 9.94. The Bertz CT molecular complexity index is 635. The molecule has 0 spiro atoms. The number of aromatic nitrogens is 1. The molecule has 0 amide bonds. The van der Waals surface area contributed by atoms with E-state index in [1.54, 1.807) is 17.4 Å². The number of thiazole rings is 1. The molecule has 0 aliphatic heterocycles. The van der Waals surface area contributed by atoms with Crippen LogP contribution in [0.4, 0.5) is 4.39 Å². The second-order valence-electron chi connectivity index (χ2n) is 5.11. The first-order valence-corrected chi connectivity index (χ1v) is 7.41. The van der Waals surface area contributed by atoms with Crippen molar-refractivity contribution >= 4 is 11.3 Å². The SMILES string of the molecule is CCc1nc(C2(N)CCc3c(F)cccc32)sc1C. The van der Waals surface area contributed by atoms with Crippen LogP contribution in [0.3, 0.4) is 0 Å². The number of benzene rings is 1. The number of fused-ring (bicyclic) bond motifs is 1. The van der Waals surface area contributed by atoms with Crippen LogP contribution < -0.4 is 5.73 Å². The molecule has 1 atom stereocenters. The minimum absolute atomic E-state index is 0.145. The van der Waals surface area contributed by atoms with Gasteiger partial charge in [0.1, 0.15) is 10.8 Å². The van der Waals surface area contributed by atoms with Crippen LogP contribution in [0.2, 0.25) is 0 Å². The number of hydrogen-bond acceptors (Lipinski definition) is 3. The molecule has 2 aromatic rings. The van der Waals surface area contributed by atoms with E-state index >= 15 is 0 Å². The monoisotopic (exact) mass is 276 g/mol. The molecule has 2 nitrogen and oxygen atoms in total. The summed E-state index contributed by atoms with van der Waals surface area (Å²) in [6, 6.07) is 5.19. The summed E-state index contributed by atoms with van der Waals surface area (Å²) in [5.41, 5.74) is 8.74. The molecule has 0 saturated heterocycles. The van der Waals surface area contributed by atoms with Crippen molar-refractivity contribution in [1.82, 2.24) is 4.98 Å². The van der Waals surface area contributed by atoms with Gasteiger partial charge in [0, 0.05) is 4.88 Å². The van der Waals surface area contributed by atoms with Gasteiger partial charge in [0.25, 0.3) is 0 Å². The molecule has 19 heavy (non-hydrogen) atoms. The summed E-state index contributed by atoms with van der Waals surface area (Å²) in [6.07, 6.45) is 2.34. The second-order valence-corrected chi connectivity index (χ2v) is 6.32. The van der Waals surface area contributed by atoms with Crippen molar-refractivity contribution in [3.8, 4) is 0 Å². The van der Waals surface area contributed by atoms with E-state index < -0.39 is 5.54 Å². The maximum Gasteiger partial charge on any atom is 0.126 e. The minimum atomic E-state index is -0.611. The van der Waals surface area contributed by atoms with Crippen molar-refractivity contribution in [2.75, 3.05) is 0 Å². The first kappa shape index (κ1) is 12.8. The van der Waals surface area contributed by atoms with Crippen LogP contribution in [0.25, 0.3) is 0 Å². The summed E-state index contributed by atoms with van der Waals surface area (Å²) >= 11 is 1.65. The van der Waals surface area contributed by atoms with Gasteiger partial charge in [0.15, 0.2) is 0 Å². The molecule has 1 aliphatic carbocycles. The number of nitrogens with two attached hydrogens (primary N) is 1. The normalized spacial score (nSPS) is 21.7. The molecule has 100 valence electrons. The second kappa shape index (κ2) is 4.39. The van der Waals surface area contributed by atoms with Gasteiger partial charge in [-0.1, -0.05) is 19.1 Å². The first-order chi connectivity index (χ1) is 9.06. The lowest BCUT2D eigenvalue weighted by molar-refractivity contribution is 0.530. The summed E-state index contributed by atoms with van der Waals surface area (Å²) in [6.45, 7) is 4.17. The Kier molecular flexibility index (Phi) is 2.95. The van der Waals surface area contributed by atoms with Crippen LogP contribution in [0.1, 0.15) is 40.1 Å². The lowest BCUT2D eigenvalue weighted by Crippen LogP contribution is -2.35. The smallest absolute Gasteiger partial charge is 0.126 e. The standard InChI is InChI=1S/C15H17FN2S/c1-3-13-9(2)19-14(18-13)15(17)8-7-10-11(15)5-4-6-12(10)16/h4-6H,3,7-8,17H2,1-2H3. The molecule has 0 radical (unpaired) electrons. The van der Waals surface area contributed by atoms with Crippen molar-refractivity contribution in [1.29, 1.82) is 0 Å². The number of nitrogens with zero attached hydrogens (tertiary/aromatic N) is 1. The van der Waals surface area contributed by atoms with Crippen LogP contribution >= 0.6 is 11.3 Å². The third-order valence-electron chi connectivity index (χ3n) is 3.98. The van der Waals surface area contributed by atoms with Crippen LogP contribution in [-0.4, -0.2) is 4.98 Å². The molecule has 1 aromatic heterocycles. The van der Waals surface area contributed by atoms with Gasteiger partial charge in [0.05, 0.1) is 11.2 Å². The topological polar surface area (TPSA) is 38.9 Å². The van der Waals surface area contributed by atoms with E-state index in [-0.39, 0.29) is 5.82 Å². The van der Waals surface area contributed by atoms with Gasteiger partial charge in [0.2, 0.25) is 0 Å². The predicted molar refractivity (Wildman–Crippen MR) is 75.9 cm³/mol. The van der Waals surface area contributed by atoms with Gasteiger partial charge in [-0.25, -0.2) is 9.37 Å². The molecule has 1 aromatic carbocycles. The van der Waals surface area contributed by atoms with E-state index in [2.05, 4.69) is 18.8 Å². The largest absolute Gasteiger partial charge is 0.316 e. The average molecular weight is 276 g/mol. The Labute approximate surface area is 116 Å². The third-order valence-corrected chi connectivity index (χ3v) is 5.17. The molecule has 3 rings (SSSR count). The van der Waals surface area contributed by atoms with E-state index in [4.69, 9.17) is 5.73 Å². The molecule has 4 heteroatoms. The van der Waals surface area contributed by atoms with Crippen molar-refractivity contribution in [2.24, 2.45) is 5.73 Å². The maximum absolute atomic E-state index is 13.8. The Hall–Kier alpha value is -1.26. The fraction of sp³-hybridized carbons (Fsp3) is 0.400. The third kappa shape index (κ3) is 1.82. The average Bonchev–Trinajstić information content (AvgIpc) is 2.93. The Morgan fingerprint density at radius 2 is 2.26 bits per heavy atom. The number of aryl methyl sites for hydroxylation is 2. The highest BCUT2D eigenvalue weighted by Gasteiger charge is 2.40. The van der Waals surface area contributed by atoms with Gasteiger partial charge in [-0.2, -0.15) is 0 Å². The zero-order chi connectivity index (χ0) is 13.6.